The first-order valence-corrected chi connectivity index (χ1v) is 9.77. The lowest BCUT2D eigenvalue weighted by Crippen LogP contribution is -2.04. The van der Waals surface area contributed by atoms with Crippen LogP contribution in [0.4, 0.5) is 0 Å². The third-order valence-corrected chi connectivity index (χ3v) is 6.05. The number of nitrogens with zero attached hydrogens (tertiary/aromatic N) is 5. The SMILES string of the molecule is Cc1cc2c(Sc3nnc(COc4ccccc4Cl)n3C)ncnc2s1. The second kappa shape index (κ2) is 7.22. The predicted octanol–water partition coefficient (Wildman–Crippen LogP) is 4.51. The van der Waals surface area contributed by atoms with Gasteiger partial charge in [-0.2, -0.15) is 0 Å². The summed E-state index contributed by atoms with van der Waals surface area (Å²) in [5, 5.41) is 11.7. The monoisotopic (exact) mass is 403 g/mol. The van der Waals surface area contributed by atoms with Crippen LogP contribution in [-0.2, 0) is 13.7 Å². The Kier molecular flexibility index (Phi) is 4.80. The summed E-state index contributed by atoms with van der Waals surface area (Å²) < 4.78 is 7.65. The number of ether oxygens (including phenoxy) is 1. The zero-order valence-corrected chi connectivity index (χ0v) is 16.4. The number of aromatic nitrogens is 5. The number of hydrogen-bond acceptors (Lipinski definition) is 7. The first kappa shape index (κ1) is 17.3. The molecule has 0 aliphatic rings. The molecule has 0 saturated carbocycles. The van der Waals surface area contributed by atoms with Crippen molar-refractivity contribution in [1.82, 2.24) is 24.7 Å². The number of rotatable bonds is 5. The van der Waals surface area contributed by atoms with Gasteiger partial charge in [0, 0.05) is 17.3 Å². The minimum atomic E-state index is 0.282. The van der Waals surface area contributed by atoms with E-state index in [1.165, 1.54) is 16.6 Å². The van der Waals surface area contributed by atoms with Crippen LogP contribution in [0.1, 0.15) is 10.7 Å². The molecule has 0 unspecified atom stereocenters. The molecule has 0 bridgehead atoms. The second-order valence-electron chi connectivity index (χ2n) is 5.53. The van der Waals surface area contributed by atoms with Crippen molar-refractivity contribution in [2.45, 2.75) is 23.7 Å². The molecule has 0 spiro atoms. The predicted molar refractivity (Wildman–Crippen MR) is 103 cm³/mol. The van der Waals surface area contributed by atoms with Gasteiger partial charge in [0.25, 0.3) is 0 Å². The summed E-state index contributed by atoms with van der Waals surface area (Å²) in [4.78, 5) is 10.9. The molecule has 3 heterocycles. The van der Waals surface area contributed by atoms with Crippen LogP contribution in [0.2, 0.25) is 5.02 Å². The standard InChI is InChI=1S/C17H14ClN5OS2/c1-10-7-11-15(25-10)19-9-20-16(11)26-17-22-21-14(23(17)2)8-24-13-6-4-3-5-12(13)18/h3-7,9H,8H2,1-2H3. The van der Waals surface area contributed by atoms with Crippen LogP contribution in [-0.4, -0.2) is 24.7 Å². The van der Waals surface area contributed by atoms with Crippen LogP contribution in [0.25, 0.3) is 10.2 Å². The van der Waals surface area contributed by atoms with Gasteiger partial charge >= 0.3 is 0 Å². The van der Waals surface area contributed by atoms with Crippen LogP contribution >= 0.6 is 34.7 Å². The molecule has 0 aliphatic carbocycles. The summed E-state index contributed by atoms with van der Waals surface area (Å²) in [6, 6.07) is 9.45. The largest absolute Gasteiger partial charge is 0.484 e. The molecule has 0 radical (unpaired) electrons. The maximum Gasteiger partial charge on any atom is 0.197 e. The van der Waals surface area contributed by atoms with E-state index >= 15 is 0 Å². The highest BCUT2D eigenvalue weighted by Gasteiger charge is 2.15. The van der Waals surface area contributed by atoms with Gasteiger partial charge in [0.05, 0.1) is 5.02 Å². The molecule has 6 nitrogen and oxygen atoms in total. The van der Waals surface area contributed by atoms with Crippen molar-refractivity contribution in [3.63, 3.8) is 0 Å². The van der Waals surface area contributed by atoms with Crippen molar-refractivity contribution in [3.8, 4) is 5.75 Å². The number of aryl methyl sites for hydroxylation is 1. The molecule has 0 atom stereocenters. The van der Waals surface area contributed by atoms with Gasteiger partial charge in [0.15, 0.2) is 11.0 Å². The van der Waals surface area contributed by atoms with Crippen molar-refractivity contribution in [2.75, 3.05) is 0 Å². The highest BCUT2D eigenvalue weighted by atomic mass is 35.5. The number of hydrogen-bond donors (Lipinski definition) is 0. The quantitative estimate of drug-likeness (QED) is 0.457. The number of fused-ring (bicyclic) bond motifs is 1. The van der Waals surface area contributed by atoms with Crippen molar-refractivity contribution in [2.24, 2.45) is 7.05 Å². The lowest BCUT2D eigenvalue weighted by Gasteiger charge is -2.07. The smallest absolute Gasteiger partial charge is 0.197 e. The highest BCUT2D eigenvalue weighted by molar-refractivity contribution is 7.99. The fourth-order valence-corrected chi connectivity index (χ4v) is 4.35. The average molecular weight is 404 g/mol. The van der Waals surface area contributed by atoms with Crippen molar-refractivity contribution >= 4 is 44.9 Å². The molecule has 4 aromatic rings. The zero-order valence-electron chi connectivity index (χ0n) is 14.0. The van der Waals surface area contributed by atoms with Gasteiger partial charge in [0.1, 0.15) is 28.5 Å². The van der Waals surface area contributed by atoms with E-state index in [0.29, 0.717) is 16.6 Å². The van der Waals surface area contributed by atoms with E-state index in [1.54, 1.807) is 23.7 Å². The summed E-state index contributed by atoms with van der Waals surface area (Å²) in [7, 11) is 1.91. The number of halogens is 1. The lowest BCUT2D eigenvalue weighted by atomic mass is 10.3. The van der Waals surface area contributed by atoms with Gasteiger partial charge in [-0.3, -0.25) is 0 Å². The molecule has 0 N–H and O–H groups in total. The Morgan fingerprint density at radius 2 is 2.08 bits per heavy atom. The molecule has 9 heteroatoms. The first-order valence-electron chi connectivity index (χ1n) is 7.76. The van der Waals surface area contributed by atoms with Crippen LogP contribution in [0.15, 0.2) is 46.8 Å². The van der Waals surface area contributed by atoms with E-state index in [1.807, 2.05) is 29.8 Å². The van der Waals surface area contributed by atoms with Gasteiger partial charge in [-0.15, -0.1) is 21.5 Å². The van der Waals surface area contributed by atoms with E-state index in [0.717, 1.165) is 20.4 Å². The Morgan fingerprint density at radius 3 is 2.92 bits per heavy atom. The summed E-state index contributed by atoms with van der Waals surface area (Å²) >= 11 is 9.23. The first-order chi connectivity index (χ1) is 12.6. The maximum absolute atomic E-state index is 6.12. The topological polar surface area (TPSA) is 65.7 Å². The molecule has 3 aromatic heterocycles. The molecule has 4 rings (SSSR count). The molecular weight excluding hydrogens is 390 g/mol. The Balaban J connectivity index is 1.54. The van der Waals surface area contributed by atoms with Crippen molar-refractivity contribution in [1.29, 1.82) is 0 Å². The molecule has 0 fully saturated rings. The van der Waals surface area contributed by atoms with E-state index in [4.69, 9.17) is 16.3 Å². The maximum atomic E-state index is 6.12. The number of para-hydroxylation sites is 1. The van der Waals surface area contributed by atoms with E-state index in [9.17, 15) is 0 Å². The normalized spacial score (nSPS) is 11.2. The molecule has 132 valence electrons. The molecule has 0 aliphatic heterocycles. The van der Waals surface area contributed by atoms with Gasteiger partial charge in [-0.25, -0.2) is 9.97 Å². The Hall–Kier alpha value is -2.16. The van der Waals surface area contributed by atoms with E-state index in [-0.39, 0.29) is 6.61 Å². The molecular formula is C17H14ClN5OS2. The van der Waals surface area contributed by atoms with Gasteiger partial charge < -0.3 is 9.30 Å². The zero-order chi connectivity index (χ0) is 18.1. The van der Waals surface area contributed by atoms with Crippen LogP contribution in [0.3, 0.4) is 0 Å². The van der Waals surface area contributed by atoms with Crippen LogP contribution in [0.5, 0.6) is 5.75 Å². The van der Waals surface area contributed by atoms with Gasteiger partial charge in [-0.05, 0) is 36.9 Å². The Morgan fingerprint density at radius 1 is 1.23 bits per heavy atom. The molecule has 1 aromatic carbocycles. The number of thiophene rings is 1. The average Bonchev–Trinajstić information content (AvgIpc) is 3.18. The third-order valence-electron chi connectivity index (χ3n) is 3.72. The Bertz CT molecular complexity index is 1080. The number of benzene rings is 1. The van der Waals surface area contributed by atoms with Crippen molar-refractivity contribution < 1.29 is 4.74 Å². The van der Waals surface area contributed by atoms with E-state index < -0.39 is 0 Å². The molecule has 0 amide bonds. The third kappa shape index (κ3) is 3.40. The van der Waals surface area contributed by atoms with Crippen LogP contribution < -0.4 is 4.74 Å². The van der Waals surface area contributed by atoms with Gasteiger partial charge in [-0.1, -0.05) is 23.7 Å². The minimum Gasteiger partial charge on any atom is -0.484 e. The fourth-order valence-electron chi connectivity index (χ4n) is 2.39. The summed E-state index contributed by atoms with van der Waals surface area (Å²) in [5.74, 6) is 1.33. The van der Waals surface area contributed by atoms with E-state index in [2.05, 4.69) is 33.2 Å². The summed E-state index contributed by atoms with van der Waals surface area (Å²) in [5.41, 5.74) is 0. The summed E-state index contributed by atoms with van der Waals surface area (Å²) in [6.45, 7) is 2.35. The highest BCUT2D eigenvalue weighted by Crippen LogP contribution is 2.33. The van der Waals surface area contributed by atoms with Crippen LogP contribution in [0, 0.1) is 6.92 Å². The molecule has 0 saturated heterocycles. The molecule has 26 heavy (non-hydrogen) atoms. The fraction of sp³-hybridized carbons (Fsp3) is 0.176. The Labute approximate surface area is 163 Å². The second-order valence-corrected chi connectivity index (χ2v) is 8.13. The van der Waals surface area contributed by atoms with Gasteiger partial charge in [0.2, 0.25) is 0 Å². The minimum absolute atomic E-state index is 0.282. The lowest BCUT2D eigenvalue weighted by molar-refractivity contribution is 0.290. The van der Waals surface area contributed by atoms with Crippen molar-refractivity contribution in [3.05, 3.63) is 52.4 Å². The summed E-state index contributed by atoms with van der Waals surface area (Å²) in [6.07, 6.45) is 1.58.